The van der Waals surface area contributed by atoms with Gasteiger partial charge in [0.2, 0.25) is 23.9 Å². The van der Waals surface area contributed by atoms with Crippen LogP contribution in [0.15, 0.2) is 0 Å². The number of ether oxygens (including phenoxy) is 4. The molecule has 0 aromatic carbocycles. The SMILES string of the molecule is O=C(CN1CCOCCOCCN(CC(=O)NC(C(=O)O)C(=O)O)CCOCCOCC1)NC(C(=O)O)C(=O)O.[Ca+2].[H-].[H-].[H-].[H-].[Li+].[Li+]. The zero-order chi connectivity index (χ0) is 29.9. The van der Waals surface area contributed by atoms with Gasteiger partial charge in [-0.1, -0.05) is 0 Å². The molecular weight excluding hydrogens is 598 g/mol. The molecule has 0 radical (unpaired) electrons. The van der Waals surface area contributed by atoms with Crippen molar-refractivity contribution >= 4 is 73.4 Å². The average molecular weight is 639 g/mol. The number of hydrogen-bond acceptors (Lipinski definition) is 12. The molecular formula is C22H40CaLi2N4O14. The molecule has 18 nitrogen and oxygen atoms in total. The van der Waals surface area contributed by atoms with Crippen LogP contribution >= 0.6 is 0 Å². The van der Waals surface area contributed by atoms with E-state index in [2.05, 4.69) is 0 Å². The summed E-state index contributed by atoms with van der Waals surface area (Å²) >= 11 is 0. The zero-order valence-corrected chi connectivity index (χ0v) is 26.7. The van der Waals surface area contributed by atoms with E-state index in [0.29, 0.717) is 0 Å². The van der Waals surface area contributed by atoms with Crippen LogP contribution in [0.4, 0.5) is 0 Å². The minimum Gasteiger partial charge on any atom is -1.00 e. The molecule has 0 aromatic heterocycles. The molecule has 0 bridgehead atoms. The van der Waals surface area contributed by atoms with Crippen LogP contribution in [0.3, 0.4) is 0 Å². The number of carbonyl (C=O) groups is 6. The summed E-state index contributed by atoms with van der Waals surface area (Å²) in [6.45, 7) is 1.98. The van der Waals surface area contributed by atoms with Gasteiger partial charge in [-0.15, -0.1) is 0 Å². The summed E-state index contributed by atoms with van der Waals surface area (Å²) in [5, 5.41) is 39.6. The second kappa shape index (κ2) is 27.4. The molecule has 1 aliphatic heterocycles. The van der Waals surface area contributed by atoms with Crippen LogP contribution in [0.25, 0.3) is 0 Å². The minimum atomic E-state index is -2.06. The molecule has 0 atom stereocenters. The largest absolute Gasteiger partial charge is 2.00 e. The Balaban J connectivity index is -0.000000457. The van der Waals surface area contributed by atoms with Crippen molar-refractivity contribution in [2.24, 2.45) is 0 Å². The molecule has 0 aliphatic carbocycles. The number of hydrogen-bond donors (Lipinski definition) is 6. The average Bonchev–Trinajstić information content (AvgIpc) is 2.87. The fraction of sp³-hybridized carbons (Fsp3) is 0.727. The summed E-state index contributed by atoms with van der Waals surface area (Å²) in [6, 6.07) is -4.13. The first kappa shape index (κ1) is 46.5. The molecule has 2 amide bonds. The van der Waals surface area contributed by atoms with Crippen LogP contribution < -0.4 is 48.4 Å². The van der Waals surface area contributed by atoms with Gasteiger partial charge in [-0.3, -0.25) is 19.4 Å². The normalized spacial score (nSPS) is 16.6. The van der Waals surface area contributed by atoms with Crippen LogP contribution in [0.5, 0.6) is 0 Å². The third-order valence-corrected chi connectivity index (χ3v) is 5.28. The van der Waals surface area contributed by atoms with Crippen LogP contribution in [0.1, 0.15) is 5.71 Å². The molecule has 0 unspecified atom stereocenters. The minimum absolute atomic E-state index is 0. The smallest absolute Gasteiger partial charge is 1.00 e. The quantitative estimate of drug-likeness (QED) is 0.0960. The van der Waals surface area contributed by atoms with Crippen LogP contribution in [0, 0.1) is 0 Å². The van der Waals surface area contributed by atoms with Crippen molar-refractivity contribution in [2.75, 3.05) is 92.1 Å². The van der Waals surface area contributed by atoms with Gasteiger partial charge in [0.25, 0.3) is 0 Å². The van der Waals surface area contributed by atoms with Crippen LogP contribution in [-0.4, -0.2) is 208 Å². The van der Waals surface area contributed by atoms with E-state index < -0.39 is 47.8 Å². The van der Waals surface area contributed by atoms with Gasteiger partial charge < -0.3 is 55.7 Å². The Kier molecular flexibility index (Phi) is 29.5. The molecule has 1 fully saturated rings. The van der Waals surface area contributed by atoms with Crippen molar-refractivity contribution in [1.82, 2.24) is 20.4 Å². The third-order valence-electron chi connectivity index (χ3n) is 5.28. The molecule has 1 saturated heterocycles. The Bertz CT molecular complexity index is 780. The fourth-order valence-corrected chi connectivity index (χ4v) is 3.24. The van der Waals surface area contributed by atoms with Crippen LogP contribution in [-0.2, 0) is 47.7 Å². The van der Waals surface area contributed by atoms with Gasteiger partial charge in [0.15, 0.2) is 0 Å². The zero-order valence-electron chi connectivity index (χ0n) is 28.5. The summed E-state index contributed by atoms with van der Waals surface area (Å²) in [4.78, 5) is 71.6. The maximum Gasteiger partial charge on any atom is 2.00 e. The van der Waals surface area contributed by atoms with E-state index in [-0.39, 0.29) is 173 Å². The van der Waals surface area contributed by atoms with E-state index in [1.807, 2.05) is 10.6 Å². The number of nitrogens with zero attached hydrogens (tertiary/aromatic N) is 2. The number of aliphatic carboxylic acids is 4. The predicted octanol–water partition coefficient (Wildman–Crippen LogP) is -9.94. The summed E-state index contributed by atoms with van der Waals surface area (Å²) in [7, 11) is 0. The van der Waals surface area contributed by atoms with E-state index in [1.165, 1.54) is 0 Å². The van der Waals surface area contributed by atoms with E-state index in [1.54, 1.807) is 9.80 Å². The molecule has 6 N–H and O–H groups in total. The summed E-state index contributed by atoms with van der Waals surface area (Å²) in [5.41, 5.74) is 0. The maximum atomic E-state index is 12.2. The van der Waals surface area contributed by atoms with Crippen molar-refractivity contribution < 1.29 is 112 Å². The summed E-state index contributed by atoms with van der Waals surface area (Å²) in [5.74, 6) is -8.34. The molecule has 43 heavy (non-hydrogen) atoms. The molecule has 0 spiro atoms. The molecule has 236 valence electrons. The van der Waals surface area contributed by atoms with Crippen molar-refractivity contribution in [3.63, 3.8) is 0 Å². The molecule has 0 aromatic rings. The molecule has 0 saturated carbocycles. The Morgan fingerprint density at radius 2 is 0.767 bits per heavy atom. The molecule has 21 heteroatoms. The second-order valence-corrected chi connectivity index (χ2v) is 8.36. The Morgan fingerprint density at radius 3 is 0.977 bits per heavy atom. The number of amides is 2. The van der Waals surface area contributed by atoms with Crippen molar-refractivity contribution in [3.8, 4) is 0 Å². The molecule has 1 aliphatic rings. The van der Waals surface area contributed by atoms with Crippen LogP contribution in [0.2, 0.25) is 0 Å². The molecule has 1 heterocycles. The number of nitrogens with one attached hydrogen (secondary N) is 2. The van der Waals surface area contributed by atoms with Gasteiger partial charge in [-0.05, 0) is 0 Å². The first-order chi connectivity index (χ1) is 19.0. The maximum absolute atomic E-state index is 12.2. The van der Waals surface area contributed by atoms with Gasteiger partial charge in [0.1, 0.15) is 0 Å². The standard InChI is InChI=1S/C22H36N4O14.Ca.2Li.4H/c27-15(23-17(19(29)30)20(31)32)13-25-1-5-37-9-10-39-7-3-26(4-8-40-12-11-38-6-2-25)14-16(28)24-18(21(33)34)22(35)36;;;;;;;/h17-18H,1-14H2,(H,23,27)(H,24,28)(H,29,30)(H,31,32)(H,33,34)(H,35,36);;;;;;;/q;+2;2*+1;4*-1. The van der Waals surface area contributed by atoms with Gasteiger partial charge in [0.05, 0.1) is 65.9 Å². The molecule has 1 rings (SSSR count). The van der Waals surface area contributed by atoms with Gasteiger partial charge >= 0.3 is 99.3 Å². The van der Waals surface area contributed by atoms with Gasteiger partial charge in [-0.2, -0.15) is 0 Å². The van der Waals surface area contributed by atoms with E-state index in [9.17, 15) is 28.8 Å². The number of carboxylic acids is 4. The topological polar surface area (TPSA) is 251 Å². The van der Waals surface area contributed by atoms with Crippen molar-refractivity contribution in [2.45, 2.75) is 12.1 Å². The predicted molar refractivity (Wildman–Crippen MR) is 141 cm³/mol. The second-order valence-electron chi connectivity index (χ2n) is 8.36. The Morgan fingerprint density at radius 1 is 0.535 bits per heavy atom. The van der Waals surface area contributed by atoms with Gasteiger partial charge in [-0.25, -0.2) is 19.2 Å². The number of rotatable bonds is 10. The van der Waals surface area contributed by atoms with E-state index in [4.69, 9.17) is 39.4 Å². The number of carboxylic acid groups (broad SMARTS) is 4. The van der Waals surface area contributed by atoms with Gasteiger partial charge in [0, 0.05) is 26.2 Å². The van der Waals surface area contributed by atoms with Crippen molar-refractivity contribution in [3.05, 3.63) is 0 Å². The van der Waals surface area contributed by atoms with Crippen molar-refractivity contribution in [1.29, 1.82) is 0 Å². The summed E-state index contributed by atoms with van der Waals surface area (Å²) < 4.78 is 22.0. The fourth-order valence-electron chi connectivity index (χ4n) is 3.24. The number of carbonyl (C=O) groups excluding carboxylic acids is 2. The third kappa shape index (κ3) is 22.2. The van der Waals surface area contributed by atoms with E-state index in [0.717, 1.165) is 0 Å². The summed E-state index contributed by atoms with van der Waals surface area (Å²) in [6.07, 6.45) is 0. The Labute approximate surface area is 307 Å². The monoisotopic (exact) mass is 638 g/mol. The van der Waals surface area contributed by atoms with E-state index >= 15 is 0 Å². The first-order valence-corrected chi connectivity index (χ1v) is 12.3. The first-order valence-electron chi connectivity index (χ1n) is 12.3. The Hall–Kier alpha value is -0.965.